The molecule has 0 aromatic heterocycles. The second-order valence-corrected chi connectivity index (χ2v) is 4.04. The van der Waals surface area contributed by atoms with Gasteiger partial charge in [0.15, 0.2) is 0 Å². The van der Waals surface area contributed by atoms with E-state index < -0.39 is 11.8 Å². The lowest BCUT2D eigenvalue weighted by Crippen LogP contribution is -2.13. The van der Waals surface area contributed by atoms with Crippen LogP contribution < -0.4 is 4.74 Å². The van der Waals surface area contributed by atoms with E-state index in [0.29, 0.717) is 10.2 Å². The Morgan fingerprint density at radius 1 is 1.53 bits per heavy atom. The predicted molar refractivity (Wildman–Crippen MR) is 65.4 cm³/mol. The molecule has 0 aliphatic heterocycles. The number of ether oxygens (including phenoxy) is 2. The molecule has 0 aliphatic carbocycles. The Morgan fingerprint density at radius 3 is 2.88 bits per heavy atom. The van der Waals surface area contributed by atoms with E-state index in [1.165, 1.54) is 18.2 Å². The first-order valence-corrected chi connectivity index (χ1v) is 5.76. The number of halogens is 2. The minimum Gasteiger partial charge on any atom is -0.487 e. The normalized spacial score (nSPS) is 9.82. The van der Waals surface area contributed by atoms with Gasteiger partial charge in [-0.2, -0.15) is 0 Å². The van der Waals surface area contributed by atoms with Gasteiger partial charge in [-0.3, -0.25) is 0 Å². The Morgan fingerprint density at radius 2 is 2.24 bits per heavy atom. The summed E-state index contributed by atoms with van der Waals surface area (Å²) in [6.07, 6.45) is 0. The number of rotatable bonds is 5. The second kappa shape index (κ2) is 6.39. The molecule has 0 radical (unpaired) electrons. The van der Waals surface area contributed by atoms with Crippen LogP contribution in [0.15, 0.2) is 34.8 Å². The molecular weight excluding hydrogens is 291 g/mol. The van der Waals surface area contributed by atoms with E-state index in [1.807, 2.05) is 0 Å². The number of carbonyl (C=O) groups is 1. The fourth-order valence-corrected chi connectivity index (χ4v) is 1.41. The number of hydrogen-bond donors (Lipinski definition) is 0. The van der Waals surface area contributed by atoms with Crippen molar-refractivity contribution in [3.05, 3.63) is 40.6 Å². The molecule has 0 saturated heterocycles. The maximum Gasteiger partial charge on any atom is 0.336 e. The van der Waals surface area contributed by atoms with Crippen LogP contribution in [0, 0.1) is 5.82 Å². The molecule has 92 valence electrons. The van der Waals surface area contributed by atoms with Crippen molar-refractivity contribution in [2.45, 2.75) is 6.92 Å². The van der Waals surface area contributed by atoms with Gasteiger partial charge in [0.05, 0.1) is 16.7 Å². The van der Waals surface area contributed by atoms with E-state index in [9.17, 15) is 9.18 Å². The minimum absolute atomic E-state index is 0.0408. The molecule has 3 nitrogen and oxygen atoms in total. The molecule has 0 bridgehead atoms. The molecule has 0 atom stereocenters. The molecule has 1 aromatic rings. The van der Waals surface area contributed by atoms with E-state index in [-0.39, 0.29) is 18.8 Å². The van der Waals surface area contributed by atoms with Crippen molar-refractivity contribution in [1.29, 1.82) is 0 Å². The summed E-state index contributed by atoms with van der Waals surface area (Å²) in [6, 6.07) is 4.05. The summed E-state index contributed by atoms with van der Waals surface area (Å²) in [4.78, 5) is 11.2. The van der Waals surface area contributed by atoms with Crippen LogP contribution in [-0.2, 0) is 9.53 Å². The first kappa shape index (κ1) is 13.7. The van der Waals surface area contributed by atoms with Crippen LogP contribution in [-0.4, -0.2) is 19.2 Å². The molecule has 0 amide bonds. The average molecular weight is 303 g/mol. The third-order valence-electron chi connectivity index (χ3n) is 1.86. The van der Waals surface area contributed by atoms with Crippen LogP contribution in [0.3, 0.4) is 0 Å². The summed E-state index contributed by atoms with van der Waals surface area (Å²) in [5.41, 5.74) is 0.183. The first-order valence-electron chi connectivity index (χ1n) is 4.97. The summed E-state index contributed by atoms with van der Waals surface area (Å²) >= 11 is 3.21. The van der Waals surface area contributed by atoms with Gasteiger partial charge in [-0.15, -0.1) is 0 Å². The smallest absolute Gasteiger partial charge is 0.336 e. The van der Waals surface area contributed by atoms with Gasteiger partial charge in [0.2, 0.25) is 0 Å². The highest BCUT2D eigenvalue weighted by atomic mass is 79.9. The zero-order valence-corrected chi connectivity index (χ0v) is 10.9. The Bertz CT molecular complexity index is 432. The van der Waals surface area contributed by atoms with Crippen LogP contribution in [0.2, 0.25) is 0 Å². The van der Waals surface area contributed by atoms with Gasteiger partial charge in [-0.05, 0) is 35.0 Å². The zero-order chi connectivity index (χ0) is 12.8. The summed E-state index contributed by atoms with van der Waals surface area (Å²) in [5, 5.41) is 0. The topological polar surface area (TPSA) is 35.5 Å². The maximum atomic E-state index is 12.9. The van der Waals surface area contributed by atoms with Crippen LogP contribution in [0.25, 0.3) is 0 Å². The monoisotopic (exact) mass is 302 g/mol. The van der Waals surface area contributed by atoms with Crippen molar-refractivity contribution in [1.82, 2.24) is 0 Å². The number of esters is 1. The molecule has 0 unspecified atom stereocenters. The summed E-state index contributed by atoms with van der Waals surface area (Å²) in [6.45, 7) is 5.47. The predicted octanol–water partition coefficient (Wildman–Crippen LogP) is 3.09. The zero-order valence-electron chi connectivity index (χ0n) is 9.33. The van der Waals surface area contributed by atoms with Gasteiger partial charge < -0.3 is 9.47 Å². The third kappa shape index (κ3) is 4.19. The van der Waals surface area contributed by atoms with Crippen molar-refractivity contribution < 1.29 is 18.7 Å². The van der Waals surface area contributed by atoms with Gasteiger partial charge in [0.1, 0.15) is 18.2 Å². The van der Waals surface area contributed by atoms with Crippen molar-refractivity contribution in [2.75, 3.05) is 13.2 Å². The quantitative estimate of drug-likeness (QED) is 0.619. The van der Waals surface area contributed by atoms with E-state index in [0.717, 1.165) is 0 Å². The van der Waals surface area contributed by atoms with Gasteiger partial charge in [-0.25, -0.2) is 9.18 Å². The molecule has 0 heterocycles. The molecule has 17 heavy (non-hydrogen) atoms. The minimum atomic E-state index is -0.514. The standard InChI is InChI=1S/C12H12BrFO3/c1-3-16-12(15)8(2)7-17-11-6-9(14)4-5-10(11)13/h4-6H,2-3,7H2,1H3. The van der Waals surface area contributed by atoms with Crippen molar-refractivity contribution in [3.8, 4) is 5.75 Å². The second-order valence-electron chi connectivity index (χ2n) is 3.19. The molecule has 0 N–H and O–H groups in total. The molecule has 0 spiro atoms. The Kier molecular flexibility index (Phi) is 5.15. The number of hydrogen-bond acceptors (Lipinski definition) is 3. The third-order valence-corrected chi connectivity index (χ3v) is 2.51. The molecule has 1 aromatic carbocycles. The Balaban J connectivity index is 2.58. The summed E-state index contributed by atoms with van der Waals surface area (Å²) < 4.78 is 23.5. The average Bonchev–Trinajstić information content (AvgIpc) is 2.30. The highest BCUT2D eigenvalue weighted by Gasteiger charge is 2.10. The fraction of sp³-hybridized carbons (Fsp3) is 0.250. The first-order chi connectivity index (χ1) is 8.04. The lowest BCUT2D eigenvalue weighted by molar-refractivity contribution is -0.138. The lowest BCUT2D eigenvalue weighted by atomic mass is 10.3. The van der Waals surface area contributed by atoms with E-state index in [4.69, 9.17) is 9.47 Å². The molecule has 5 heteroatoms. The molecule has 0 fully saturated rings. The highest BCUT2D eigenvalue weighted by molar-refractivity contribution is 9.10. The van der Waals surface area contributed by atoms with Crippen molar-refractivity contribution >= 4 is 21.9 Å². The number of carbonyl (C=O) groups excluding carboxylic acids is 1. The summed E-state index contributed by atoms with van der Waals surface area (Å²) in [7, 11) is 0. The van der Waals surface area contributed by atoms with Gasteiger partial charge in [0.25, 0.3) is 0 Å². The van der Waals surface area contributed by atoms with E-state index in [1.54, 1.807) is 6.92 Å². The summed E-state index contributed by atoms with van der Waals surface area (Å²) in [5.74, 6) is -0.611. The Hall–Kier alpha value is -1.36. The molecule has 0 aliphatic rings. The van der Waals surface area contributed by atoms with Crippen LogP contribution in [0.4, 0.5) is 4.39 Å². The van der Waals surface area contributed by atoms with Crippen LogP contribution in [0.5, 0.6) is 5.75 Å². The van der Waals surface area contributed by atoms with Crippen molar-refractivity contribution in [3.63, 3.8) is 0 Å². The molecular formula is C12H12BrFO3. The SMILES string of the molecule is C=C(COc1cc(F)ccc1Br)C(=O)OCC. The van der Waals surface area contributed by atoms with Gasteiger partial charge in [-0.1, -0.05) is 6.58 Å². The molecule has 1 rings (SSSR count). The van der Waals surface area contributed by atoms with Crippen molar-refractivity contribution in [2.24, 2.45) is 0 Å². The maximum absolute atomic E-state index is 12.9. The highest BCUT2D eigenvalue weighted by Crippen LogP contribution is 2.25. The van der Waals surface area contributed by atoms with Crippen LogP contribution >= 0.6 is 15.9 Å². The van der Waals surface area contributed by atoms with E-state index >= 15 is 0 Å². The molecule has 0 saturated carbocycles. The number of benzene rings is 1. The fourth-order valence-electron chi connectivity index (χ4n) is 1.04. The lowest BCUT2D eigenvalue weighted by Gasteiger charge is -2.09. The van der Waals surface area contributed by atoms with Gasteiger partial charge >= 0.3 is 5.97 Å². The van der Waals surface area contributed by atoms with E-state index in [2.05, 4.69) is 22.5 Å². The van der Waals surface area contributed by atoms with Crippen LogP contribution in [0.1, 0.15) is 6.92 Å². The van der Waals surface area contributed by atoms with Gasteiger partial charge in [0, 0.05) is 6.07 Å². The Labute approximate surface area is 107 Å². The largest absolute Gasteiger partial charge is 0.487 e.